The Morgan fingerprint density at radius 1 is 1.33 bits per heavy atom. The molecule has 1 amide bonds. The number of amides is 1. The first-order valence-corrected chi connectivity index (χ1v) is 9.07. The van der Waals surface area contributed by atoms with Crippen LogP contribution in [0.15, 0.2) is 18.2 Å². The smallest absolute Gasteiger partial charge is 0.224 e. The summed E-state index contributed by atoms with van der Waals surface area (Å²) < 4.78 is 10.9. The van der Waals surface area contributed by atoms with Gasteiger partial charge in [-0.3, -0.25) is 4.79 Å². The highest BCUT2D eigenvalue weighted by atomic mass is 35.5. The number of anilines is 1. The fraction of sp³-hybridized carbons (Fsp3) is 0.611. The van der Waals surface area contributed by atoms with E-state index in [0.29, 0.717) is 48.6 Å². The molecule has 0 spiro atoms. The lowest BCUT2D eigenvalue weighted by atomic mass is 9.93. The number of carbonyl (C=O) groups excluding carboxylic acids is 1. The van der Waals surface area contributed by atoms with E-state index in [9.17, 15) is 4.79 Å². The van der Waals surface area contributed by atoms with Crippen LogP contribution in [0, 0.1) is 5.92 Å². The Labute approximate surface area is 149 Å². The zero-order valence-electron chi connectivity index (χ0n) is 14.3. The predicted molar refractivity (Wildman–Crippen MR) is 96.9 cm³/mol. The summed E-state index contributed by atoms with van der Waals surface area (Å²) in [5.74, 6) is 1.26. The molecular weight excluding hydrogens is 328 g/mol. The Morgan fingerprint density at radius 3 is 2.88 bits per heavy atom. The van der Waals surface area contributed by atoms with Crippen LogP contribution < -0.4 is 15.4 Å². The molecule has 0 radical (unpaired) electrons. The second kappa shape index (κ2) is 10.5. The summed E-state index contributed by atoms with van der Waals surface area (Å²) in [7, 11) is 0. The average Bonchev–Trinajstić information content (AvgIpc) is 2.59. The summed E-state index contributed by atoms with van der Waals surface area (Å²) in [5.41, 5.74) is 0.620. The number of nitrogens with one attached hydrogen (secondary N) is 2. The van der Waals surface area contributed by atoms with E-state index in [-0.39, 0.29) is 5.91 Å². The van der Waals surface area contributed by atoms with E-state index >= 15 is 0 Å². The molecule has 1 fully saturated rings. The van der Waals surface area contributed by atoms with Crippen molar-refractivity contribution in [2.45, 2.75) is 32.6 Å². The van der Waals surface area contributed by atoms with Gasteiger partial charge in [-0.05, 0) is 63.4 Å². The van der Waals surface area contributed by atoms with Crippen molar-refractivity contribution in [3.63, 3.8) is 0 Å². The van der Waals surface area contributed by atoms with Gasteiger partial charge in [-0.25, -0.2) is 0 Å². The molecule has 1 aliphatic rings. The summed E-state index contributed by atoms with van der Waals surface area (Å²) in [6.45, 7) is 5.66. The van der Waals surface area contributed by atoms with Crippen molar-refractivity contribution >= 4 is 23.2 Å². The summed E-state index contributed by atoms with van der Waals surface area (Å²) in [4.78, 5) is 12.2. The van der Waals surface area contributed by atoms with Gasteiger partial charge in [-0.2, -0.15) is 0 Å². The van der Waals surface area contributed by atoms with E-state index in [2.05, 4.69) is 10.6 Å². The van der Waals surface area contributed by atoms with Gasteiger partial charge in [0.2, 0.25) is 5.91 Å². The summed E-state index contributed by atoms with van der Waals surface area (Å²) in [6, 6.07) is 5.25. The molecule has 1 aromatic carbocycles. The molecule has 1 aromatic rings. The Balaban J connectivity index is 1.84. The van der Waals surface area contributed by atoms with Crippen LogP contribution in [-0.4, -0.2) is 38.8 Å². The molecule has 2 rings (SSSR count). The molecule has 5 nitrogen and oxygen atoms in total. The van der Waals surface area contributed by atoms with E-state index in [1.165, 1.54) is 0 Å². The van der Waals surface area contributed by atoms with Crippen LogP contribution in [0.4, 0.5) is 5.69 Å². The SMILES string of the molecule is CCOCCOc1ccc(Cl)cc1NC(=O)CCC1CCNCC1. The van der Waals surface area contributed by atoms with Crippen LogP contribution in [0.2, 0.25) is 5.02 Å². The largest absolute Gasteiger partial charge is 0.489 e. The molecule has 1 saturated heterocycles. The molecule has 0 aliphatic carbocycles. The van der Waals surface area contributed by atoms with Crippen molar-refractivity contribution in [2.24, 2.45) is 5.92 Å². The number of benzene rings is 1. The number of ether oxygens (including phenoxy) is 2. The minimum absolute atomic E-state index is 0.00505. The first kappa shape index (κ1) is 19.0. The molecule has 0 aromatic heterocycles. The van der Waals surface area contributed by atoms with E-state index in [0.717, 1.165) is 32.4 Å². The lowest BCUT2D eigenvalue weighted by Gasteiger charge is -2.22. The third kappa shape index (κ3) is 6.67. The zero-order valence-corrected chi connectivity index (χ0v) is 15.0. The molecule has 1 aliphatic heterocycles. The van der Waals surface area contributed by atoms with Crippen LogP contribution in [0.1, 0.15) is 32.6 Å². The molecule has 0 unspecified atom stereocenters. The summed E-state index contributed by atoms with van der Waals surface area (Å²) in [6.07, 6.45) is 3.75. The van der Waals surface area contributed by atoms with Crippen LogP contribution in [-0.2, 0) is 9.53 Å². The highest BCUT2D eigenvalue weighted by molar-refractivity contribution is 6.31. The van der Waals surface area contributed by atoms with Crippen molar-refractivity contribution in [3.8, 4) is 5.75 Å². The minimum atomic E-state index is 0.00505. The minimum Gasteiger partial charge on any atom is -0.489 e. The van der Waals surface area contributed by atoms with Gasteiger partial charge < -0.3 is 20.1 Å². The second-order valence-electron chi connectivity index (χ2n) is 5.97. The maximum Gasteiger partial charge on any atom is 0.224 e. The van der Waals surface area contributed by atoms with Gasteiger partial charge in [0, 0.05) is 18.1 Å². The average molecular weight is 355 g/mol. The Bertz CT molecular complexity index is 519. The van der Waals surface area contributed by atoms with E-state index < -0.39 is 0 Å². The highest BCUT2D eigenvalue weighted by Crippen LogP contribution is 2.28. The third-order valence-electron chi connectivity index (χ3n) is 4.14. The molecule has 24 heavy (non-hydrogen) atoms. The quantitative estimate of drug-likeness (QED) is 0.666. The number of carbonyl (C=O) groups is 1. The molecule has 0 saturated carbocycles. The number of halogens is 1. The van der Waals surface area contributed by atoms with Gasteiger partial charge in [0.15, 0.2) is 0 Å². The molecular formula is C18H27ClN2O3. The second-order valence-corrected chi connectivity index (χ2v) is 6.40. The summed E-state index contributed by atoms with van der Waals surface area (Å²) >= 11 is 6.04. The van der Waals surface area contributed by atoms with Crippen molar-refractivity contribution in [3.05, 3.63) is 23.2 Å². The van der Waals surface area contributed by atoms with Gasteiger partial charge in [0.1, 0.15) is 12.4 Å². The molecule has 6 heteroatoms. The molecule has 0 atom stereocenters. The predicted octanol–water partition coefficient (Wildman–Crippen LogP) is 3.47. The van der Waals surface area contributed by atoms with E-state index in [1.807, 2.05) is 6.92 Å². The highest BCUT2D eigenvalue weighted by Gasteiger charge is 2.15. The maximum absolute atomic E-state index is 12.2. The van der Waals surface area contributed by atoms with Gasteiger partial charge in [-0.15, -0.1) is 0 Å². The van der Waals surface area contributed by atoms with E-state index in [1.54, 1.807) is 18.2 Å². The third-order valence-corrected chi connectivity index (χ3v) is 4.38. The molecule has 134 valence electrons. The number of hydrogen-bond donors (Lipinski definition) is 2. The van der Waals surface area contributed by atoms with Gasteiger partial charge in [0.05, 0.1) is 12.3 Å². The van der Waals surface area contributed by atoms with Gasteiger partial charge in [0.25, 0.3) is 0 Å². The fourth-order valence-corrected chi connectivity index (χ4v) is 2.97. The Kier molecular flexibility index (Phi) is 8.36. The van der Waals surface area contributed by atoms with Gasteiger partial charge in [-0.1, -0.05) is 11.6 Å². The first-order chi connectivity index (χ1) is 11.7. The van der Waals surface area contributed by atoms with Crippen LogP contribution in [0.3, 0.4) is 0 Å². The topological polar surface area (TPSA) is 59.6 Å². The van der Waals surface area contributed by atoms with Crippen molar-refractivity contribution in [1.29, 1.82) is 0 Å². The number of rotatable bonds is 9. The van der Waals surface area contributed by atoms with Crippen molar-refractivity contribution < 1.29 is 14.3 Å². The maximum atomic E-state index is 12.2. The molecule has 0 bridgehead atoms. The lowest BCUT2D eigenvalue weighted by Crippen LogP contribution is -2.28. The van der Waals surface area contributed by atoms with Gasteiger partial charge >= 0.3 is 0 Å². The van der Waals surface area contributed by atoms with Crippen molar-refractivity contribution in [2.75, 3.05) is 38.2 Å². The summed E-state index contributed by atoms with van der Waals surface area (Å²) in [5, 5.41) is 6.84. The normalized spacial score (nSPS) is 15.2. The first-order valence-electron chi connectivity index (χ1n) is 8.69. The monoisotopic (exact) mass is 354 g/mol. The fourth-order valence-electron chi connectivity index (χ4n) is 2.80. The lowest BCUT2D eigenvalue weighted by molar-refractivity contribution is -0.116. The number of piperidine rings is 1. The Hall–Kier alpha value is -1.30. The standard InChI is InChI=1S/C18H27ClN2O3/c1-2-23-11-12-24-17-5-4-15(19)13-16(17)21-18(22)6-3-14-7-9-20-10-8-14/h4-5,13-14,20H,2-3,6-12H2,1H3,(H,21,22). The molecule has 2 N–H and O–H groups in total. The van der Waals surface area contributed by atoms with Crippen molar-refractivity contribution in [1.82, 2.24) is 5.32 Å². The number of hydrogen-bond acceptors (Lipinski definition) is 4. The molecule has 1 heterocycles. The zero-order chi connectivity index (χ0) is 17.2. The van der Waals surface area contributed by atoms with Crippen LogP contribution in [0.5, 0.6) is 5.75 Å². The Morgan fingerprint density at radius 2 is 2.12 bits per heavy atom. The van der Waals surface area contributed by atoms with Crippen LogP contribution >= 0.6 is 11.6 Å². The van der Waals surface area contributed by atoms with E-state index in [4.69, 9.17) is 21.1 Å². The van der Waals surface area contributed by atoms with Crippen LogP contribution in [0.25, 0.3) is 0 Å².